The Morgan fingerprint density at radius 1 is 1.11 bits per heavy atom. The van der Waals surface area contributed by atoms with Gasteiger partial charge >= 0.3 is 0 Å². The van der Waals surface area contributed by atoms with E-state index in [1.165, 1.54) is 23.5 Å². The molecule has 0 saturated carbocycles. The third-order valence-electron chi connectivity index (χ3n) is 6.40. The summed E-state index contributed by atoms with van der Waals surface area (Å²) in [5.74, 6) is 1.01. The van der Waals surface area contributed by atoms with Crippen LogP contribution in [0.2, 0.25) is 0 Å². The van der Waals surface area contributed by atoms with Crippen molar-refractivity contribution in [2.24, 2.45) is 5.92 Å². The molecule has 1 fully saturated rings. The molecular formula is C26H34N4O4S2. The highest BCUT2D eigenvalue weighted by molar-refractivity contribution is 7.89. The number of para-hydroxylation sites is 1. The topological polar surface area (TPSA) is 83.0 Å². The molecular weight excluding hydrogens is 496 g/mol. The number of carbonyl (C=O) groups excluding carboxylic acids is 1. The molecule has 0 spiro atoms. The molecule has 10 heteroatoms. The van der Waals surface area contributed by atoms with Crippen LogP contribution in [-0.4, -0.2) is 75.4 Å². The van der Waals surface area contributed by atoms with Gasteiger partial charge in [-0.3, -0.25) is 9.69 Å². The summed E-state index contributed by atoms with van der Waals surface area (Å²) in [6, 6.07) is 12.0. The molecule has 1 aliphatic rings. The molecule has 3 aromatic rings. The van der Waals surface area contributed by atoms with Crippen LogP contribution in [0.25, 0.3) is 10.2 Å². The maximum Gasteiger partial charge on any atom is 0.260 e. The van der Waals surface area contributed by atoms with Crippen LogP contribution in [0.3, 0.4) is 0 Å². The maximum absolute atomic E-state index is 13.6. The van der Waals surface area contributed by atoms with E-state index in [2.05, 4.69) is 6.92 Å². The summed E-state index contributed by atoms with van der Waals surface area (Å²) in [6.07, 6.45) is 1.73. The van der Waals surface area contributed by atoms with Crippen molar-refractivity contribution in [2.45, 2.75) is 31.6 Å². The van der Waals surface area contributed by atoms with Crippen molar-refractivity contribution in [1.29, 1.82) is 0 Å². The van der Waals surface area contributed by atoms with Crippen molar-refractivity contribution >= 4 is 42.6 Å². The SMILES string of the molecule is CCOc1cccc2sc(N(CCN(C)C)C(=O)c3ccc(S(=O)(=O)N4CCC(C)CC4)cc3)nc12. The van der Waals surface area contributed by atoms with E-state index in [4.69, 9.17) is 9.72 Å². The number of ether oxygens (including phenoxy) is 1. The number of fused-ring (bicyclic) bond motifs is 1. The van der Waals surface area contributed by atoms with Gasteiger partial charge < -0.3 is 9.64 Å². The first-order valence-corrected chi connectivity index (χ1v) is 14.6. The Kier molecular flexibility index (Phi) is 8.29. The molecule has 2 aromatic carbocycles. The quantitative estimate of drug-likeness (QED) is 0.410. The molecule has 36 heavy (non-hydrogen) atoms. The largest absolute Gasteiger partial charge is 0.492 e. The Morgan fingerprint density at radius 3 is 2.44 bits per heavy atom. The molecule has 0 N–H and O–H groups in total. The summed E-state index contributed by atoms with van der Waals surface area (Å²) < 4.78 is 34.4. The van der Waals surface area contributed by atoms with Gasteiger partial charge in [0, 0.05) is 31.7 Å². The number of rotatable bonds is 9. The first-order chi connectivity index (χ1) is 17.2. The van der Waals surface area contributed by atoms with Crippen molar-refractivity contribution in [2.75, 3.05) is 51.8 Å². The summed E-state index contributed by atoms with van der Waals surface area (Å²) in [7, 11) is 0.335. The standard InChI is InChI=1S/C26H34N4O4S2/c1-5-34-22-7-6-8-23-24(22)27-26(35-23)30(18-17-28(3)4)25(31)20-9-11-21(12-10-20)36(32,33)29-15-13-19(2)14-16-29/h6-12,19H,5,13-18H2,1-4H3. The number of amides is 1. The van der Waals surface area contributed by atoms with Crippen molar-refractivity contribution in [1.82, 2.24) is 14.2 Å². The maximum atomic E-state index is 13.6. The summed E-state index contributed by atoms with van der Waals surface area (Å²) in [5.41, 5.74) is 1.16. The molecule has 0 atom stereocenters. The fourth-order valence-corrected chi connectivity index (χ4v) is 6.66. The molecule has 4 rings (SSSR count). The molecule has 0 bridgehead atoms. The molecule has 8 nitrogen and oxygen atoms in total. The summed E-state index contributed by atoms with van der Waals surface area (Å²) >= 11 is 1.44. The monoisotopic (exact) mass is 530 g/mol. The molecule has 0 aliphatic carbocycles. The van der Waals surface area contributed by atoms with E-state index < -0.39 is 10.0 Å². The molecule has 194 valence electrons. The van der Waals surface area contributed by atoms with Gasteiger partial charge in [-0.1, -0.05) is 24.3 Å². The van der Waals surface area contributed by atoms with Gasteiger partial charge in [0.25, 0.3) is 5.91 Å². The number of sulfonamides is 1. The molecule has 1 aliphatic heterocycles. The van der Waals surface area contributed by atoms with E-state index in [0.717, 1.165) is 23.1 Å². The van der Waals surface area contributed by atoms with Crippen LogP contribution in [0.15, 0.2) is 47.4 Å². The molecule has 0 unspecified atom stereocenters. The first kappa shape index (κ1) is 26.5. The average molecular weight is 531 g/mol. The van der Waals surface area contributed by atoms with Gasteiger partial charge in [-0.05, 0) is 76.2 Å². The van der Waals surface area contributed by atoms with E-state index in [9.17, 15) is 13.2 Å². The zero-order valence-corrected chi connectivity index (χ0v) is 22.9. The number of anilines is 1. The lowest BCUT2D eigenvalue weighted by atomic mass is 10.0. The van der Waals surface area contributed by atoms with E-state index in [1.807, 2.05) is 44.1 Å². The molecule has 1 aromatic heterocycles. The van der Waals surface area contributed by atoms with Crippen molar-refractivity contribution in [3.05, 3.63) is 48.0 Å². The minimum Gasteiger partial charge on any atom is -0.492 e. The second kappa shape index (κ2) is 11.2. The van der Waals surface area contributed by atoms with Crippen LogP contribution in [-0.2, 0) is 10.0 Å². The predicted octanol–water partition coefficient (Wildman–Crippen LogP) is 4.32. The zero-order valence-electron chi connectivity index (χ0n) is 21.3. The Balaban J connectivity index is 1.61. The lowest BCUT2D eigenvalue weighted by Crippen LogP contribution is -2.38. The minimum atomic E-state index is -3.57. The third kappa shape index (κ3) is 5.72. The fourth-order valence-electron chi connectivity index (χ4n) is 4.18. The van der Waals surface area contributed by atoms with E-state index >= 15 is 0 Å². The highest BCUT2D eigenvalue weighted by atomic mass is 32.2. The number of aromatic nitrogens is 1. The normalized spacial score (nSPS) is 15.5. The first-order valence-electron chi connectivity index (χ1n) is 12.3. The van der Waals surface area contributed by atoms with Crippen LogP contribution in [0.1, 0.15) is 37.0 Å². The van der Waals surface area contributed by atoms with E-state index in [1.54, 1.807) is 21.3 Å². The highest BCUT2D eigenvalue weighted by Gasteiger charge is 2.29. The molecule has 1 saturated heterocycles. The van der Waals surface area contributed by atoms with Crippen molar-refractivity contribution < 1.29 is 17.9 Å². The van der Waals surface area contributed by atoms with Gasteiger partial charge in [0.05, 0.1) is 16.2 Å². The third-order valence-corrected chi connectivity index (χ3v) is 9.36. The molecule has 0 radical (unpaired) electrons. The van der Waals surface area contributed by atoms with Crippen LogP contribution >= 0.6 is 11.3 Å². The Morgan fingerprint density at radius 2 is 1.81 bits per heavy atom. The van der Waals surface area contributed by atoms with Gasteiger partial charge in [0.1, 0.15) is 11.3 Å². The summed E-state index contributed by atoms with van der Waals surface area (Å²) in [4.78, 5) is 22.3. The van der Waals surface area contributed by atoms with Gasteiger partial charge in [-0.25, -0.2) is 13.4 Å². The lowest BCUT2D eigenvalue weighted by molar-refractivity contribution is 0.0985. The van der Waals surface area contributed by atoms with E-state index in [-0.39, 0.29) is 10.8 Å². The number of piperidine rings is 1. The van der Waals surface area contributed by atoms with Crippen LogP contribution < -0.4 is 9.64 Å². The Labute approximate surface area is 217 Å². The minimum absolute atomic E-state index is 0.217. The Bertz CT molecular complexity index is 1300. The number of hydrogen-bond donors (Lipinski definition) is 0. The van der Waals surface area contributed by atoms with Gasteiger partial charge in [-0.2, -0.15) is 4.31 Å². The number of carbonyl (C=O) groups is 1. The molecule has 1 amide bonds. The highest BCUT2D eigenvalue weighted by Crippen LogP contribution is 2.35. The smallest absolute Gasteiger partial charge is 0.260 e. The second-order valence-electron chi connectivity index (χ2n) is 9.40. The average Bonchev–Trinajstić information content (AvgIpc) is 3.29. The van der Waals surface area contributed by atoms with Gasteiger partial charge in [-0.15, -0.1) is 0 Å². The van der Waals surface area contributed by atoms with Crippen LogP contribution in [0.4, 0.5) is 5.13 Å². The number of nitrogens with zero attached hydrogens (tertiary/aromatic N) is 4. The zero-order chi connectivity index (χ0) is 25.9. The lowest BCUT2D eigenvalue weighted by Gasteiger charge is -2.29. The summed E-state index contributed by atoms with van der Waals surface area (Å²) in [6.45, 7) is 6.76. The van der Waals surface area contributed by atoms with Crippen LogP contribution in [0.5, 0.6) is 5.75 Å². The number of hydrogen-bond acceptors (Lipinski definition) is 7. The number of likely N-dealkylation sites (N-methyl/N-ethyl adjacent to an activating group) is 1. The van der Waals surface area contributed by atoms with Crippen LogP contribution in [0, 0.1) is 5.92 Å². The van der Waals surface area contributed by atoms with Gasteiger partial charge in [0.15, 0.2) is 5.13 Å². The molecule has 2 heterocycles. The predicted molar refractivity (Wildman–Crippen MR) is 145 cm³/mol. The van der Waals surface area contributed by atoms with Gasteiger partial charge in [0.2, 0.25) is 10.0 Å². The second-order valence-corrected chi connectivity index (χ2v) is 12.4. The van der Waals surface area contributed by atoms with E-state index in [0.29, 0.717) is 55.1 Å². The fraction of sp³-hybridized carbons (Fsp3) is 0.462. The summed E-state index contributed by atoms with van der Waals surface area (Å²) in [5, 5.41) is 0.586. The van der Waals surface area contributed by atoms with Crippen molar-refractivity contribution in [3.63, 3.8) is 0 Å². The Hall–Kier alpha value is -2.53. The van der Waals surface area contributed by atoms with Crippen molar-refractivity contribution in [3.8, 4) is 5.75 Å². The number of thiazole rings is 1. The number of benzene rings is 2.